The van der Waals surface area contributed by atoms with E-state index in [4.69, 9.17) is 4.74 Å². The topological polar surface area (TPSA) is 84.5 Å². The molecular weight excluding hydrogens is 328 g/mol. The Balaban J connectivity index is 1.76. The van der Waals surface area contributed by atoms with Crippen molar-refractivity contribution in [3.05, 3.63) is 52.2 Å². The third kappa shape index (κ3) is 5.51. The number of rotatable bonds is 7. The molecule has 0 radical (unpaired) electrons. The maximum atomic E-state index is 11.8. The van der Waals surface area contributed by atoms with Crippen molar-refractivity contribution in [2.75, 3.05) is 19.0 Å². The molecule has 0 saturated carbocycles. The fourth-order valence-electron chi connectivity index (χ4n) is 1.98. The van der Waals surface area contributed by atoms with E-state index in [0.29, 0.717) is 17.7 Å². The molecule has 1 aromatic heterocycles. The maximum Gasteiger partial charge on any atom is 0.306 e. The third-order valence-electron chi connectivity index (χ3n) is 3.16. The molecule has 0 spiro atoms. The quantitative estimate of drug-likeness (QED) is 0.753. The highest BCUT2D eigenvalue weighted by Gasteiger charge is 2.10. The average molecular weight is 346 g/mol. The van der Waals surface area contributed by atoms with E-state index in [1.165, 1.54) is 7.05 Å². The molecular formula is C17H18N2O4S. The lowest BCUT2D eigenvalue weighted by Gasteiger charge is -2.08. The van der Waals surface area contributed by atoms with Crippen LogP contribution in [0.2, 0.25) is 0 Å². The normalized spacial score (nSPS) is 10.0. The number of esters is 1. The first-order chi connectivity index (χ1) is 11.6. The Kier molecular flexibility index (Phi) is 6.51. The van der Waals surface area contributed by atoms with Crippen LogP contribution in [0.25, 0.3) is 0 Å². The first-order valence-corrected chi connectivity index (χ1v) is 8.26. The van der Waals surface area contributed by atoms with E-state index in [1.807, 2.05) is 17.5 Å². The number of carbonyl (C=O) groups excluding carboxylic acids is 3. The van der Waals surface area contributed by atoms with E-state index in [2.05, 4.69) is 10.6 Å². The first-order valence-electron chi connectivity index (χ1n) is 7.38. The lowest BCUT2D eigenvalue weighted by atomic mass is 10.2. The number of hydrogen-bond acceptors (Lipinski definition) is 5. The number of benzene rings is 1. The van der Waals surface area contributed by atoms with Crippen molar-refractivity contribution in [1.29, 1.82) is 0 Å². The highest BCUT2D eigenvalue weighted by molar-refractivity contribution is 7.09. The number of aryl methyl sites for hydroxylation is 1. The van der Waals surface area contributed by atoms with Gasteiger partial charge in [-0.05, 0) is 36.1 Å². The van der Waals surface area contributed by atoms with Crippen LogP contribution in [0.5, 0.6) is 0 Å². The van der Waals surface area contributed by atoms with Gasteiger partial charge in [-0.25, -0.2) is 0 Å². The molecule has 1 heterocycles. The van der Waals surface area contributed by atoms with Crippen LogP contribution in [-0.2, 0) is 20.7 Å². The standard InChI is InChI=1S/C17H18N2O4S/c1-18-17(22)12-4-2-5-13(10-12)19-15(20)11-23-16(21)8-7-14-6-3-9-24-14/h2-6,9-10H,7-8,11H2,1H3,(H,18,22)(H,19,20). The summed E-state index contributed by atoms with van der Waals surface area (Å²) in [4.78, 5) is 36.1. The van der Waals surface area contributed by atoms with Gasteiger partial charge < -0.3 is 15.4 Å². The monoisotopic (exact) mass is 346 g/mol. The van der Waals surface area contributed by atoms with Crippen LogP contribution in [0, 0.1) is 0 Å². The average Bonchev–Trinajstić information content (AvgIpc) is 3.11. The highest BCUT2D eigenvalue weighted by atomic mass is 32.1. The van der Waals surface area contributed by atoms with Crippen LogP contribution >= 0.6 is 11.3 Å². The van der Waals surface area contributed by atoms with Crippen molar-refractivity contribution >= 4 is 34.8 Å². The Labute approximate surface area is 143 Å². The minimum absolute atomic E-state index is 0.236. The Morgan fingerprint density at radius 1 is 1.17 bits per heavy atom. The van der Waals surface area contributed by atoms with Gasteiger partial charge in [-0.2, -0.15) is 0 Å². The van der Waals surface area contributed by atoms with E-state index in [-0.39, 0.29) is 18.9 Å². The van der Waals surface area contributed by atoms with Crippen molar-refractivity contribution in [1.82, 2.24) is 5.32 Å². The van der Waals surface area contributed by atoms with Gasteiger partial charge in [0.15, 0.2) is 6.61 Å². The van der Waals surface area contributed by atoms with Gasteiger partial charge in [-0.15, -0.1) is 11.3 Å². The summed E-state index contributed by atoms with van der Waals surface area (Å²) in [7, 11) is 1.53. The van der Waals surface area contributed by atoms with Crippen molar-refractivity contribution in [2.24, 2.45) is 0 Å². The molecule has 0 aliphatic rings. The van der Waals surface area contributed by atoms with Gasteiger partial charge in [0.2, 0.25) is 0 Å². The smallest absolute Gasteiger partial charge is 0.306 e. The molecule has 1 aromatic carbocycles. The molecule has 0 bridgehead atoms. The molecule has 0 fully saturated rings. The zero-order valence-corrected chi connectivity index (χ0v) is 14.0. The predicted molar refractivity (Wildman–Crippen MR) is 92.1 cm³/mol. The molecule has 0 atom stereocenters. The molecule has 2 amide bonds. The first kappa shape index (κ1) is 17.7. The van der Waals surface area contributed by atoms with Crippen LogP contribution in [0.4, 0.5) is 5.69 Å². The van der Waals surface area contributed by atoms with Crippen molar-refractivity contribution < 1.29 is 19.1 Å². The van der Waals surface area contributed by atoms with E-state index in [9.17, 15) is 14.4 Å². The second kappa shape index (κ2) is 8.83. The van der Waals surface area contributed by atoms with Crippen LogP contribution in [0.1, 0.15) is 21.7 Å². The summed E-state index contributed by atoms with van der Waals surface area (Å²) < 4.78 is 4.95. The van der Waals surface area contributed by atoms with E-state index in [1.54, 1.807) is 35.6 Å². The maximum absolute atomic E-state index is 11.8. The van der Waals surface area contributed by atoms with Gasteiger partial charge in [0.25, 0.3) is 11.8 Å². The minimum atomic E-state index is -0.450. The summed E-state index contributed by atoms with van der Waals surface area (Å²) in [6.45, 7) is -0.354. The molecule has 2 aromatic rings. The largest absolute Gasteiger partial charge is 0.456 e. The molecule has 0 saturated heterocycles. The SMILES string of the molecule is CNC(=O)c1cccc(NC(=O)COC(=O)CCc2cccs2)c1. The van der Waals surface area contributed by atoms with Crippen LogP contribution < -0.4 is 10.6 Å². The van der Waals surface area contributed by atoms with Gasteiger partial charge in [-0.3, -0.25) is 14.4 Å². The number of ether oxygens (including phenoxy) is 1. The number of anilines is 1. The molecule has 6 nitrogen and oxygen atoms in total. The third-order valence-corrected chi connectivity index (χ3v) is 4.09. The van der Waals surface area contributed by atoms with Gasteiger partial charge in [0.1, 0.15) is 0 Å². The van der Waals surface area contributed by atoms with Crippen molar-refractivity contribution in [2.45, 2.75) is 12.8 Å². The Morgan fingerprint density at radius 2 is 2.00 bits per heavy atom. The Bertz CT molecular complexity index is 713. The molecule has 2 rings (SSSR count). The Hall–Kier alpha value is -2.67. The molecule has 0 aliphatic heterocycles. The van der Waals surface area contributed by atoms with Gasteiger partial charge in [-0.1, -0.05) is 12.1 Å². The van der Waals surface area contributed by atoms with Crippen LogP contribution in [-0.4, -0.2) is 31.4 Å². The van der Waals surface area contributed by atoms with E-state index < -0.39 is 11.9 Å². The Morgan fingerprint density at radius 3 is 2.71 bits per heavy atom. The summed E-state index contributed by atoms with van der Waals surface area (Å²) in [6, 6.07) is 10.4. The predicted octanol–water partition coefficient (Wildman–Crippen LogP) is 2.22. The lowest BCUT2D eigenvalue weighted by Crippen LogP contribution is -2.22. The fraction of sp³-hybridized carbons (Fsp3) is 0.235. The molecule has 24 heavy (non-hydrogen) atoms. The zero-order valence-electron chi connectivity index (χ0n) is 13.2. The lowest BCUT2D eigenvalue weighted by molar-refractivity contribution is -0.147. The summed E-state index contributed by atoms with van der Waals surface area (Å²) in [5.41, 5.74) is 0.902. The number of nitrogens with one attached hydrogen (secondary N) is 2. The molecule has 7 heteroatoms. The summed E-state index contributed by atoms with van der Waals surface area (Å²) in [6.07, 6.45) is 0.840. The summed E-state index contributed by atoms with van der Waals surface area (Å²) in [5.74, 6) is -1.11. The van der Waals surface area contributed by atoms with E-state index in [0.717, 1.165) is 4.88 Å². The number of hydrogen-bond donors (Lipinski definition) is 2. The molecule has 0 unspecified atom stereocenters. The zero-order chi connectivity index (χ0) is 17.4. The minimum Gasteiger partial charge on any atom is -0.456 e. The highest BCUT2D eigenvalue weighted by Crippen LogP contribution is 2.12. The van der Waals surface area contributed by atoms with Crippen molar-refractivity contribution in [3.8, 4) is 0 Å². The second-order valence-corrected chi connectivity index (χ2v) is 5.98. The van der Waals surface area contributed by atoms with Gasteiger partial charge >= 0.3 is 5.97 Å². The fourth-order valence-corrected chi connectivity index (χ4v) is 2.69. The van der Waals surface area contributed by atoms with Crippen LogP contribution in [0.15, 0.2) is 41.8 Å². The summed E-state index contributed by atoms with van der Waals surface area (Å²) in [5, 5.41) is 7.04. The molecule has 0 aliphatic carbocycles. The number of amides is 2. The van der Waals surface area contributed by atoms with Gasteiger partial charge in [0.05, 0.1) is 6.42 Å². The summed E-state index contributed by atoms with van der Waals surface area (Å²) >= 11 is 1.58. The number of thiophene rings is 1. The van der Waals surface area contributed by atoms with Crippen LogP contribution in [0.3, 0.4) is 0 Å². The number of carbonyl (C=O) groups is 3. The van der Waals surface area contributed by atoms with E-state index >= 15 is 0 Å². The van der Waals surface area contributed by atoms with Gasteiger partial charge in [0, 0.05) is 23.2 Å². The molecule has 2 N–H and O–H groups in total. The van der Waals surface area contributed by atoms with Crippen molar-refractivity contribution in [3.63, 3.8) is 0 Å². The molecule has 126 valence electrons. The second-order valence-electron chi connectivity index (χ2n) is 4.95.